The first-order valence-electron chi connectivity index (χ1n) is 11.0. The van der Waals surface area contributed by atoms with E-state index in [2.05, 4.69) is 13.0 Å². The molecule has 0 fully saturated rings. The molecule has 0 aliphatic rings. The number of aromatic nitrogens is 1. The molecule has 0 N–H and O–H groups in total. The third kappa shape index (κ3) is 5.43. The first-order chi connectivity index (χ1) is 15.6. The Morgan fingerprint density at radius 3 is 2.21 bits per heavy atom. The van der Waals surface area contributed by atoms with Crippen molar-refractivity contribution in [3.63, 3.8) is 0 Å². The van der Waals surface area contributed by atoms with Crippen molar-refractivity contribution in [3.8, 4) is 0 Å². The molecule has 0 radical (unpaired) electrons. The van der Waals surface area contributed by atoms with E-state index >= 15 is 0 Å². The Labute approximate surface area is 200 Å². The van der Waals surface area contributed by atoms with Gasteiger partial charge >= 0.3 is 0 Å². The number of amides is 1. The lowest BCUT2D eigenvalue weighted by Gasteiger charge is -2.22. The molecule has 3 aromatic rings. The van der Waals surface area contributed by atoms with E-state index in [1.54, 1.807) is 17.0 Å². The lowest BCUT2D eigenvalue weighted by Crippen LogP contribution is -2.36. The quantitative estimate of drug-likeness (QED) is 0.452. The number of fused-ring (bicyclic) bond motifs is 1. The summed E-state index contributed by atoms with van der Waals surface area (Å²) >= 11 is 1.51. The second kappa shape index (κ2) is 10.3. The highest BCUT2D eigenvalue weighted by Crippen LogP contribution is 2.33. The number of anilines is 1. The highest BCUT2D eigenvalue weighted by Gasteiger charge is 2.25. The number of hydrogen-bond donors (Lipinski definition) is 0. The predicted octanol–water partition coefficient (Wildman–Crippen LogP) is 4.15. The van der Waals surface area contributed by atoms with Gasteiger partial charge in [0, 0.05) is 31.7 Å². The minimum Gasteiger partial charge on any atom is -0.308 e. The maximum Gasteiger partial charge on any atom is 0.260 e. The minimum absolute atomic E-state index is 0.189. The molecule has 1 aromatic heterocycles. The molecular weight excluding hydrogens is 456 g/mol. The molecule has 0 spiro atoms. The zero-order valence-electron chi connectivity index (χ0n) is 20.1. The van der Waals surface area contributed by atoms with Gasteiger partial charge in [-0.05, 0) is 69.4 Å². The molecule has 7 nitrogen and oxygen atoms in total. The second-order valence-electron chi connectivity index (χ2n) is 8.30. The van der Waals surface area contributed by atoms with Crippen molar-refractivity contribution in [3.05, 3.63) is 53.1 Å². The van der Waals surface area contributed by atoms with Gasteiger partial charge < -0.3 is 4.90 Å². The van der Waals surface area contributed by atoms with Crippen LogP contribution >= 0.6 is 11.3 Å². The summed E-state index contributed by atoms with van der Waals surface area (Å²) in [5.74, 6) is -0.197. The van der Waals surface area contributed by atoms with Crippen LogP contribution in [0.4, 0.5) is 5.13 Å². The van der Waals surface area contributed by atoms with Crippen LogP contribution in [0.5, 0.6) is 0 Å². The van der Waals surface area contributed by atoms with Crippen LogP contribution in [0.25, 0.3) is 10.2 Å². The second-order valence-corrected chi connectivity index (χ2v) is 11.2. The van der Waals surface area contributed by atoms with Crippen LogP contribution in [0.1, 0.15) is 35.3 Å². The molecule has 0 bridgehead atoms. The number of hydrogen-bond acceptors (Lipinski definition) is 6. The Balaban J connectivity index is 1.97. The Morgan fingerprint density at radius 2 is 1.64 bits per heavy atom. The molecule has 9 heteroatoms. The third-order valence-corrected chi connectivity index (χ3v) is 8.79. The number of thiazole rings is 1. The smallest absolute Gasteiger partial charge is 0.260 e. The summed E-state index contributed by atoms with van der Waals surface area (Å²) in [6.45, 7) is 9.65. The van der Waals surface area contributed by atoms with Crippen LogP contribution in [-0.4, -0.2) is 68.8 Å². The first kappa shape index (κ1) is 25.3. The zero-order valence-corrected chi connectivity index (χ0v) is 21.8. The normalized spacial score (nSPS) is 12.1. The third-order valence-electron chi connectivity index (χ3n) is 5.50. The van der Waals surface area contributed by atoms with Gasteiger partial charge in [-0.3, -0.25) is 9.69 Å². The number of likely N-dealkylation sites (N-methyl/N-ethyl adjacent to an activating group) is 1. The van der Waals surface area contributed by atoms with Crippen molar-refractivity contribution >= 4 is 42.6 Å². The molecule has 33 heavy (non-hydrogen) atoms. The van der Waals surface area contributed by atoms with E-state index in [1.807, 2.05) is 45.8 Å². The molecule has 2 aromatic carbocycles. The Kier molecular flexibility index (Phi) is 7.89. The molecule has 1 amide bonds. The SMILES string of the molecule is CCN(CC)S(=O)(=O)c1ccc(C(=O)N(CCN(C)C)c2nc3cc(C)cc(C)c3s2)cc1. The summed E-state index contributed by atoms with van der Waals surface area (Å²) in [5.41, 5.74) is 3.59. The lowest BCUT2D eigenvalue weighted by molar-refractivity contribution is 0.0985. The summed E-state index contributed by atoms with van der Waals surface area (Å²) in [6.07, 6.45) is 0. The zero-order chi connectivity index (χ0) is 24.3. The molecule has 178 valence electrons. The summed E-state index contributed by atoms with van der Waals surface area (Å²) in [4.78, 5) is 22.2. The first-order valence-corrected chi connectivity index (χ1v) is 13.3. The number of carbonyl (C=O) groups is 1. The van der Waals surface area contributed by atoms with Crippen LogP contribution < -0.4 is 4.90 Å². The number of carbonyl (C=O) groups excluding carboxylic acids is 1. The van der Waals surface area contributed by atoms with Gasteiger partial charge in [0.2, 0.25) is 10.0 Å². The molecule has 0 saturated carbocycles. The maximum absolute atomic E-state index is 13.5. The van der Waals surface area contributed by atoms with Crippen LogP contribution in [0.3, 0.4) is 0 Å². The van der Waals surface area contributed by atoms with Crippen molar-refractivity contribution in [1.82, 2.24) is 14.2 Å². The van der Waals surface area contributed by atoms with Crippen LogP contribution in [0.15, 0.2) is 41.3 Å². The van der Waals surface area contributed by atoms with E-state index in [0.29, 0.717) is 36.9 Å². The Hall–Kier alpha value is -2.33. The van der Waals surface area contributed by atoms with Gasteiger partial charge in [-0.2, -0.15) is 4.31 Å². The molecule has 0 saturated heterocycles. The molecule has 1 heterocycles. The standard InChI is InChI=1S/C24H32N4O3S2/c1-7-27(8-2)33(30,31)20-11-9-19(10-12-20)23(29)28(14-13-26(5)6)24-25-21-16-17(3)15-18(4)22(21)32-24/h9-12,15-16H,7-8,13-14H2,1-6H3. The van der Waals surface area contributed by atoms with Crippen molar-refractivity contribution in [1.29, 1.82) is 0 Å². The number of rotatable bonds is 9. The fourth-order valence-electron chi connectivity index (χ4n) is 3.70. The maximum atomic E-state index is 13.5. The largest absolute Gasteiger partial charge is 0.308 e. The van der Waals surface area contributed by atoms with E-state index in [1.165, 1.54) is 27.8 Å². The topological polar surface area (TPSA) is 73.8 Å². The lowest BCUT2D eigenvalue weighted by atomic mass is 10.1. The van der Waals surface area contributed by atoms with Gasteiger partial charge in [-0.15, -0.1) is 0 Å². The van der Waals surface area contributed by atoms with Gasteiger partial charge in [-0.1, -0.05) is 31.3 Å². The highest BCUT2D eigenvalue weighted by atomic mass is 32.2. The summed E-state index contributed by atoms with van der Waals surface area (Å²) in [7, 11) is 0.347. The van der Waals surface area contributed by atoms with E-state index in [9.17, 15) is 13.2 Å². The van der Waals surface area contributed by atoms with Crippen molar-refractivity contribution in [2.45, 2.75) is 32.6 Å². The summed E-state index contributed by atoms with van der Waals surface area (Å²) in [5, 5.41) is 0.644. The van der Waals surface area contributed by atoms with Crippen LogP contribution in [0.2, 0.25) is 0 Å². The van der Waals surface area contributed by atoms with Crippen molar-refractivity contribution < 1.29 is 13.2 Å². The monoisotopic (exact) mass is 488 g/mol. The molecule has 0 unspecified atom stereocenters. The summed E-state index contributed by atoms with van der Waals surface area (Å²) in [6, 6.07) is 10.3. The summed E-state index contributed by atoms with van der Waals surface area (Å²) < 4.78 is 28.0. The fourth-order valence-corrected chi connectivity index (χ4v) is 6.20. The molecule has 0 aliphatic heterocycles. The van der Waals surface area contributed by atoms with E-state index < -0.39 is 10.0 Å². The highest BCUT2D eigenvalue weighted by molar-refractivity contribution is 7.89. The average molecular weight is 489 g/mol. The van der Waals surface area contributed by atoms with Gasteiger partial charge in [0.25, 0.3) is 5.91 Å². The van der Waals surface area contributed by atoms with Gasteiger partial charge in [0.05, 0.1) is 15.1 Å². The van der Waals surface area contributed by atoms with E-state index in [0.717, 1.165) is 21.3 Å². The minimum atomic E-state index is -3.57. The predicted molar refractivity (Wildman–Crippen MR) is 136 cm³/mol. The van der Waals surface area contributed by atoms with E-state index in [-0.39, 0.29) is 10.8 Å². The van der Waals surface area contributed by atoms with E-state index in [4.69, 9.17) is 4.98 Å². The van der Waals surface area contributed by atoms with Crippen LogP contribution in [-0.2, 0) is 10.0 Å². The van der Waals surface area contributed by atoms with Gasteiger partial charge in [0.1, 0.15) is 0 Å². The average Bonchev–Trinajstić information content (AvgIpc) is 3.18. The number of nitrogens with zero attached hydrogens (tertiary/aromatic N) is 4. The van der Waals surface area contributed by atoms with Crippen LogP contribution in [0, 0.1) is 13.8 Å². The van der Waals surface area contributed by atoms with Crippen molar-refractivity contribution in [2.24, 2.45) is 0 Å². The van der Waals surface area contributed by atoms with Gasteiger partial charge in [0.15, 0.2) is 5.13 Å². The fraction of sp³-hybridized carbons (Fsp3) is 0.417. The number of benzene rings is 2. The Bertz CT molecular complexity index is 1230. The number of aryl methyl sites for hydroxylation is 2. The molecular formula is C24H32N4O3S2. The molecule has 0 atom stereocenters. The Morgan fingerprint density at radius 1 is 1.00 bits per heavy atom. The van der Waals surface area contributed by atoms with Crippen molar-refractivity contribution in [2.75, 3.05) is 45.2 Å². The van der Waals surface area contributed by atoms with Gasteiger partial charge in [-0.25, -0.2) is 13.4 Å². The molecule has 3 rings (SSSR count). The molecule has 0 aliphatic carbocycles. The number of sulfonamides is 1.